The van der Waals surface area contributed by atoms with Crippen molar-refractivity contribution in [3.8, 4) is 0 Å². The van der Waals surface area contributed by atoms with E-state index in [1.807, 2.05) is 13.8 Å². The molecule has 1 rings (SSSR count). The lowest BCUT2D eigenvalue weighted by atomic mass is 9.80. The van der Waals surface area contributed by atoms with Gasteiger partial charge < -0.3 is 4.90 Å². The van der Waals surface area contributed by atoms with E-state index in [9.17, 15) is 9.59 Å². The molecule has 1 atom stereocenters. The van der Waals surface area contributed by atoms with Crippen LogP contribution in [0.1, 0.15) is 41.0 Å². The van der Waals surface area contributed by atoms with Crippen molar-refractivity contribution in [3.63, 3.8) is 0 Å². The molecule has 0 saturated carbocycles. The van der Waals surface area contributed by atoms with Gasteiger partial charge in [0.2, 0.25) is 5.91 Å². The van der Waals surface area contributed by atoms with Crippen LogP contribution in [-0.2, 0) is 9.59 Å². The van der Waals surface area contributed by atoms with E-state index in [4.69, 9.17) is 0 Å². The fraction of sp³-hybridized carbons (Fsp3) is 0.846. The molecule has 0 aromatic rings. The Kier molecular flexibility index (Phi) is 3.76. The van der Waals surface area contributed by atoms with Crippen LogP contribution < -0.4 is 0 Å². The third kappa shape index (κ3) is 3.06. The van der Waals surface area contributed by atoms with Crippen LogP contribution in [0.15, 0.2) is 0 Å². The highest BCUT2D eigenvalue weighted by molar-refractivity contribution is 5.88. The molecule has 1 amide bonds. The van der Waals surface area contributed by atoms with Gasteiger partial charge in [0.25, 0.3) is 0 Å². The number of nitrogens with zero attached hydrogens (tertiary/aromatic N) is 1. The van der Waals surface area contributed by atoms with Gasteiger partial charge >= 0.3 is 0 Å². The Bertz CT molecular complexity index is 289. The molecule has 0 N–H and O–H groups in total. The van der Waals surface area contributed by atoms with Gasteiger partial charge in [-0.05, 0) is 11.3 Å². The summed E-state index contributed by atoms with van der Waals surface area (Å²) >= 11 is 0. The van der Waals surface area contributed by atoms with Crippen molar-refractivity contribution in [1.29, 1.82) is 0 Å². The number of carbonyl (C=O) groups excluding carboxylic acids is 2. The maximum atomic E-state index is 11.8. The first-order chi connectivity index (χ1) is 7.21. The molecule has 1 aliphatic heterocycles. The molecule has 0 bridgehead atoms. The Morgan fingerprint density at radius 1 is 1.44 bits per heavy atom. The average molecular weight is 225 g/mol. The van der Waals surface area contributed by atoms with E-state index in [0.29, 0.717) is 18.9 Å². The number of amides is 1. The van der Waals surface area contributed by atoms with Gasteiger partial charge in [0.15, 0.2) is 5.78 Å². The molecule has 0 radical (unpaired) electrons. The lowest BCUT2D eigenvalue weighted by Crippen LogP contribution is -2.34. The van der Waals surface area contributed by atoms with Crippen molar-refractivity contribution in [2.24, 2.45) is 17.3 Å². The summed E-state index contributed by atoms with van der Waals surface area (Å²) in [5.74, 6) is 0.679. The molecule has 3 heteroatoms. The van der Waals surface area contributed by atoms with Gasteiger partial charge in [-0.1, -0.05) is 34.6 Å². The molecule has 0 aliphatic carbocycles. The molecular formula is C13H23NO2. The summed E-state index contributed by atoms with van der Waals surface area (Å²) in [4.78, 5) is 25.1. The molecule has 16 heavy (non-hydrogen) atoms. The number of Topliss-reactive ketones (excluding diaryl/α,β-unsaturated/α-hetero) is 1. The lowest BCUT2D eigenvalue weighted by molar-refractivity contribution is -0.133. The van der Waals surface area contributed by atoms with Crippen LogP contribution in [0.3, 0.4) is 0 Å². The first-order valence-electron chi connectivity index (χ1n) is 6.02. The van der Waals surface area contributed by atoms with Crippen LogP contribution in [-0.4, -0.2) is 29.7 Å². The van der Waals surface area contributed by atoms with E-state index in [0.717, 1.165) is 6.54 Å². The molecular weight excluding hydrogens is 202 g/mol. The summed E-state index contributed by atoms with van der Waals surface area (Å²) in [7, 11) is 0. The van der Waals surface area contributed by atoms with Crippen molar-refractivity contribution in [1.82, 2.24) is 4.90 Å². The van der Waals surface area contributed by atoms with Gasteiger partial charge in [0, 0.05) is 18.9 Å². The van der Waals surface area contributed by atoms with Gasteiger partial charge in [0.05, 0.1) is 6.54 Å². The van der Waals surface area contributed by atoms with Gasteiger partial charge in [-0.3, -0.25) is 9.59 Å². The molecule has 1 saturated heterocycles. The molecule has 92 valence electrons. The minimum Gasteiger partial charge on any atom is -0.335 e. The normalized spacial score (nSPS) is 22.0. The lowest BCUT2D eigenvalue weighted by Gasteiger charge is -2.26. The SMILES string of the molecule is CC(C)C(=O)CN1CC(C(C)(C)C)CC1=O. The summed E-state index contributed by atoms with van der Waals surface area (Å²) in [6, 6.07) is 0. The van der Waals surface area contributed by atoms with Gasteiger partial charge in [-0.15, -0.1) is 0 Å². The third-order valence-electron chi connectivity index (χ3n) is 3.43. The standard InChI is InChI=1S/C13H23NO2/c1-9(2)11(15)8-14-7-10(6-12(14)16)13(3,4)5/h9-10H,6-8H2,1-5H3. The predicted octanol–water partition coefficient (Wildman–Crippen LogP) is 2.11. The minimum absolute atomic E-state index is 0.0153. The molecule has 0 spiro atoms. The Labute approximate surface area is 98.2 Å². The maximum Gasteiger partial charge on any atom is 0.223 e. The first-order valence-corrected chi connectivity index (χ1v) is 6.02. The topological polar surface area (TPSA) is 37.4 Å². The van der Waals surface area contributed by atoms with Gasteiger partial charge in [-0.2, -0.15) is 0 Å². The summed E-state index contributed by atoms with van der Waals surface area (Å²) < 4.78 is 0. The van der Waals surface area contributed by atoms with Crippen LogP contribution in [0, 0.1) is 17.3 Å². The highest BCUT2D eigenvalue weighted by atomic mass is 16.2. The molecule has 1 heterocycles. The van der Waals surface area contributed by atoms with Crippen molar-refractivity contribution in [2.45, 2.75) is 41.0 Å². The van der Waals surface area contributed by atoms with E-state index < -0.39 is 0 Å². The molecule has 3 nitrogen and oxygen atoms in total. The van der Waals surface area contributed by atoms with Crippen molar-refractivity contribution in [2.75, 3.05) is 13.1 Å². The zero-order chi connectivity index (χ0) is 12.5. The van der Waals surface area contributed by atoms with E-state index in [-0.39, 0.29) is 23.0 Å². The number of carbonyl (C=O) groups is 2. The molecule has 0 aromatic heterocycles. The second kappa shape index (κ2) is 4.56. The third-order valence-corrected chi connectivity index (χ3v) is 3.43. The monoisotopic (exact) mass is 225 g/mol. The van der Waals surface area contributed by atoms with Crippen molar-refractivity contribution < 1.29 is 9.59 Å². The fourth-order valence-electron chi connectivity index (χ4n) is 1.88. The van der Waals surface area contributed by atoms with Crippen LogP contribution in [0.25, 0.3) is 0 Å². The number of likely N-dealkylation sites (tertiary alicyclic amines) is 1. The highest BCUT2D eigenvalue weighted by Gasteiger charge is 2.37. The summed E-state index contributed by atoms with van der Waals surface area (Å²) in [6.45, 7) is 11.2. The predicted molar refractivity (Wildman–Crippen MR) is 64.0 cm³/mol. The zero-order valence-corrected chi connectivity index (χ0v) is 11.0. The largest absolute Gasteiger partial charge is 0.335 e. The van der Waals surface area contributed by atoms with Crippen LogP contribution in [0.2, 0.25) is 0 Å². The zero-order valence-electron chi connectivity index (χ0n) is 11.0. The second-order valence-electron chi connectivity index (χ2n) is 6.16. The number of ketones is 1. The van der Waals surface area contributed by atoms with Crippen LogP contribution >= 0.6 is 0 Å². The Hall–Kier alpha value is -0.860. The van der Waals surface area contributed by atoms with E-state index >= 15 is 0 Å². The number of rotatable bonds is 3. The molecule has 1 unspecified atom stereocenters. The van der Waals surface area contributed by atoms with Crippen LogP contribution in [0.4, 0.5) is 0 Å². The fourth-order valence-corrected chi connectivity index (χ4v) is 1.88. The van der Waals surface area contributed by atoms with Gasteiger partial charge in [0.1, 0.15) is 0 Å². The van der Waals surface area contributed by atoms with E-state index in [2.05, 4.69) is 20.8 Å². The molecule has 1 aliphatic rings. The van der Waals surface area contributed by atoms with E-state index in [1.165, 1.54) is 0 Å². The first kappa shape index (κ1) is 13.2. The highest BCUT2D eigenvalue weighted by Crippen LogP contribution is 2.34. The van der Waals surface area contributed by atoms with E-state index in [1.54, 1.807) is 4.90 Å². The summed E-state index contributed by atoms with van der Waals surface area (Å²) in [6.07, 6.45) is 0.592. The molecule has 1 fully saturated rings. The maximum absolute atomic E-state index is 11.8. The average Bonchev–Trinajstić information content (AvgIpc) is 2.47. The Morgan fingerprint density at radius 2 is 2.00 bits per heavy atom. The quantitative estimate of drug-likeness (QED) is 0.737. The number of hydrogen-bond donors (Lipinski definition) is 0. The Morgan fingerprint density at radius 3 is 2.38 bits per heavy atom. The summed E-state index contributed by atoms with van der Waals surface area (Å²) in [5.41, 5.74) is 0.144. The van der Waals surface area contributed by atoms with Crippen molar-refractivity contribution in [3.05, 3.63) is 0 Å². The van der Waals surface area contributed by atoms with Crippen LogP contribution in [0.5, 0.6) is 0 Å². The Balaban J connectivity index is 2.59. The van der Waals surface area contributed by atoms with Crippen molar-refractivity contribution >= 4 is 11.7 Å². The van der Waals surface area contributed by atoms with Gasteiger partial charge in [-0.25, -0.2) is 0 Å². The minimum atomic E-state index is 0.0153. The summed E-state index contributed by atoms with van der Waals surface area (Å²) in [5, 5.41) is 0. The molecule has 0 aromatic carbocycles. The second-order valence-corrected chi connectivity index (χ2v) is 6.16. The number of hydrogen-bond acceptors (Lipinski definition) is 2. The smallest absolute Gasteiger partial charge is 0.223 e.